The summed E-state index contributed by atoms with van der Waals surface area (Å²) in [6.07, 6.45) is 0. The van der Waals surface area contributed by atoms with Crippen molar-refractivity contribution in [3.05, 3.63) is 0 Å². The molecule has 0 fully saturated rings. The molecule has 0 atom stereocenters. The number of hydrogen-bond donors (Lipinski definition) is 3. The predicted octanol–water partition coefficient (Wildman–Crippen LogP) is -3.03. The van der Waals surface area contributed by atoms with E-state index in [4.69, 9.17) is 15.3 Å². The monoisotopic (exact) mass is 120 g/mol. The van der Waals surface area contributed by atoms with Crippen molar-refractivity contribution in [3.8, 4) is 0 Å². The Balaban J connectivity index is -0.0000000800. The van der Waals surface area contributed by atoms with Crippen molar-refractivity contribution in [1.82, 2.24) is 0 Å². The van der Waals surface area contributed by atoms with Gasteiger partial charge in [-0.1, -0.05) is 0 Å². The van der Waals surface area contributed by atoms with E-state index in [0.717, 1.165) is 0 Å². The van der Waals surface area contributed by atoms with Crippen molar-refractivity contribution in [2.75, 3.05) is 0 Å². The molecule has 5 nitrogen and oxygen atoms in total. The van der Waals surface area contributed by atoms with Gasteiger partial charge in [0.05, 0.1) is 0 Å². The van der Waals surface area contributed by atoms with E-state index in [1.807, 2.05) is 0 Å². The predicted molar refractivity (Wildman–Crippen MR) is 24.7 cm³/mol. The quantitative estimate of drug-likeness (QED) is 0.194. The minimum atomic E-state index is -2.06. The van der Waals surface area contributed by atoms with Crippen LogP contribution in [0.15, 0.2) is 0 Å². The zero-order chi connectivity index (χ0) is 4.28. The van der Waals surface area contributed by atoms with Crippen LogP contribution in [0.3, 0.4) is 0 Å². The van der Waals surface area contributed by atoms with Crippen LogP contribution < -0.4 is 0 Å². The van der Waals surface area contributed by atoms with Crippen molar-refractivity contribution >= 4 is 36.9 Å². The average Bonchev–Trinajstić information content (AvgIpc) is 1.38. The maximum absolute atomic E-state index is 7.44. The Morgan fingerprint density at radius 1 is 1.29 bits per heavy atom. The van der Waals surface area contributed by atoms with E-state index in [1.165, 1.54) is 0 Å². The van der Waals surface area contributed by atoms with Gasteiger partial charge in [0.15, 0.2) is 0 Å². The SMILES string of the molecule is O.OOB(O)O.[NaH]. The van der Waals surface area contributed by atoms with E-state index < -0.39 is 7.32 Å². The van der Waals surface area contributed by atoms with Gasteiger partial charge in [-0.2, -0.15) is 0 Å². The molecule has 0 heterocycles. The molecule has 0 rings (SSSR count). The molecular weight excluding hydrogens is 114 g/mol. The standard InChI is InChI=1S/BH3O4.Na.H2O.H/c2-1(3)5-4;;;/h2-4H;;1H2;. The number of hydrogen-bond acceptors (Lipinski definition) is 4. The van der Waals surface area contributed by atoms with Gasteiger partial charge >= 0.3 is 36.9 Å². The van der Waals surface area contributed by atoms with Crippen molar-refractivity contribution in [2.24, 2.45) is 0 Å². The van der Waals surface area contributed by atoms with Crippen LogP contribution in [-0.2, 0) is 4.81 Å². The Morgan fingerprint density at radius 3 is 1.43 bits per heavy atom. The van der Waals surface area contributed by atoms with Crippen LogP contribution in [0.2, 0.25) is 0 Å². The molecule has 7 heteroatoms. The summed E-state index contributed by atoms with van der Waals surface area (Å²) in [4.78, 5) is 2.86. The normalized spacial score (nSPS) is 5.57. The van der Waals surface area contributed by atoms with Gasteiger partial charge in [0.25, 0.3) is 0 Å². The van der Waals surface area contributed by atoms with Gasteiger partial charge in [0.1, 0.15) is 0 Å². The second-order valence-electron chi connectivity index (χ2n) is 0.432. The average molecular weight is 120 g/mol. The molecule has 0 aromatic heterocycles. The van der Waals surface area contributed by atoms with E-state index in [0.29, 0.717) is 0 Å². The van der Waals surface area contributed by atoms with Gasteiger partial charge in [-0.3, -0.25) is 5.26 Å². The molecule has 0 aliphatic heterocycles. The van der Waals surface area contributed by atoms with Crippen molar-refractivity contribution in [1.29, 1.82) is 0 Å². The second-order valence-corrected chi connectivity index (χ2v) is 0.432. The topological polar surface area (TPSA) is 101 Å². The summed E-state index contributed by atoms with van der Waals surface area (Å²) in [6.45, 7) is 0. The summed E-state index contributed by atoms with van der Waals surface area (Å²) in [5.41, 5.74) is 0. The third kappa shape index (κ3) is 19.8. The van der Waals surface area contributed by atoms with Gasteiger partial charge in [0, 0.05) is 0 Å². The summed E-state index contributed by atoms with van der Waals surface area (Å²) < 4.78 is 0. The molecule has 0 amide bonds. The summed E-state index contributed by atoms with van der Waals surface area (Å²) in [5.74, 6) is 0. The molecule has 5 N–H and O–H groups in total. The van der Waals surface area contributed by atoms with E-state index in [9.17, 15) is 0 Å². The van der Waals surface area contributed by atoms with Gasteiger partial charge in [-0.25, -0.2) is 4.81 Å². The van der Waals surface area contributed by atoms with Crippen LogP contribution in [0.1, 0.15) is 0 Å². The van der Waals surface area contributed by atoms with Crippen LogP contribution in [0, 0.1) is 0 Å². The van der Waals surface area contributed by atoms with E-state index in [2.05, 4.69) is 4.81 Å². The molecule has 0 saturated carbocycles. The molecule has 0 aromatic rings. The first-order valence-corrected chi connectivity index (χ1v) is 0.935. The summed E-state index contributed by atoms with van der Waals surface area (Å²) in [6, 6.07) is 0. The van der Waals surface area contributed by atoms with Gasteiger partial charge in [-0.05, 0) is 0 Å². The Hall–Kier alpha value is 0.865. The molecule has 0 unspecified atom stereocenters. The van der Waals surface area contributed by atoms with E-state index >= 15 is 0 Å². The molecule has 0 aliphatic carbocycles. The Bertz CT molecular complexity index is 22.0. The summed E-state index contributed by atoms with van der Waals surface area (Å²) >= 11 is 0. The maximum atomic E-state index is 7.44. The van der Waals surface area contributed by atoms with Crippen LogP contribution in [-0.4, -0.2) is 57.7 Å². The zero-order valence-corrected chi connectivity index (χ0v) is 2.83. The van der Waals surface area contributed by atoms with Gasteiger partial charge < -0.3 is 15.5 Å². The molecule has 0 spiro atoms. The number of rotatable bonds is 1. The van der Waals surface area contributed by atoms with Gasteiger partial charge in [0.2, 0.25) is 0 Å². The molecule has 0 aromatic carbocycles. The first kappa shape index (κ1) is 15.7. The Kier molecular flexibility index (Phi) is 22.3. The van der Waals surface area contributed by atoms with Crippen LogP contribution in [0.4, 0.5) is 0 Å². The van der Waals surface area contributed by atoms with E-state index in [1.54, 1.807) is 0 Å². The third-order valence-electron chi connectivity index (χ3n) is 0.0943. The zero-order valence-electron chi connectivity index (χ0n) is 2.83. The minimum absolute atomic E-state index is 0. The Labute approximate surface area is 62.6 Å². The molecule has 0 aliphatic rings. The fourth-order valence-electron chi connectivity index (χ4n) is 0. The third-order valence-corrected chi connectivity index (χ3v) is 0.0943. The first-order valence-electron chi connectivity index (χ1n) is 0.935. The van der Waals surface area contributed by atoms with Gasteiger partial charge in [-0.15, -0.1) is 0 Å². The molecule has 0 saturated heterocycles. The second kappa shape index (κ2) is 9.98. The van der Waals surface area contributed by atoms with Crippen LogP contribution >= 0.6 is 0 Å². The Morgan fingerprint density at radius 2 is 1.43 bits per heavy atom. The van der Waals surface area contributed by atoms with Crippen molar-refractivity contribution in [2.45, 2.75) is 0 Å². The summed E-state index contributed by atoms with van der Waals surface area (Å²) in [7, 11) is -2.06. The van der Waals surface area contributed by atoms with Crippen molar-refractivity contribution in [3.63, 3.8) is 0 Å². The van der Waals surface area contributed by atoms with E-state index in [-0.39, 0.29) is 35.0 Å². The molecular formula is H6BNaO5. The summed E-state index contributed by atoms with van der Waals surface area (Å²) in [5, 5.41) is 22.0. The van der Waals surface area contributed by atoms with Crippen molar-refractivity contribution < 1.29 is 25.6 Å². The molecule has 40 valence electrons. The molecule has 0 bridgehead atoms. The fourth-order valence-corrected chi connectivity index (χ4v) is 0. The molecule has 0 radical (unpaired) electrons. The fraction of sp³-hybridized carbons (Fsp3) is 0. The van der Waals surface area contributed by atoms with Crippen LogP contribution in [0.5, 0.6) is 0 Å². The van der Waals surface area contributed by atoms with Crippen LogP contribution in [0.25, 0.3) is 0 Å². The first-order chi connectivity index (χ1) is 2.27. The molecule has 7 heavy (non-hydrogen) atoms.